The van der Waals surface area contributed by atoms with Gasteiger partial charge in [0.25, 0.3) is 0 Å². The first kappa shape index (κ1) is 26.9. The zero-order chi connectivity index (χ0) is 24.3. The van der Waals surface area contributed by atoms with Crippen molar-refractivity contribution in [3.05, 3.63) is 36.0 Å². The summed E-state index contributed by atoms with van der Waals surface area (Å²) in [5, 5.41) is 6.07. The summed E-state index contributed by atoms with van der Waals surface area (Å²) in [6, 6.07) is -0.832. The molecule has 3 rings (SSSR count). The van der Waals surface area contributed by atoms with Crippen LogP contribution >= 0.6 is 0 Å². The molecule has 34 heavy (non-hydrogen) atoms. The van der Waals surface area contributed by atoms with E-state index < -0.39 is 16.8 Å². The van der Waals surface area contributed by atoms with Crippen molar-refractivity contribution in [1.82, 2.24) is 15.5 Å². The van der Waals surface area contributed by atoms with Gasteiger partial charge in [-0.25, -0.2) is 0 Å². The molecule has 1 heterocycles. The molecule has 0 spiro atoms. The van der Waals surface area contributed by atoms with Crippen molar-refractivity contribution in [1.29, 1.82) is 0 Å². The van der Waals surface area contributed by atoms with Crippen molar-refractivity contribution in [2.45, 2.75) is 89.3 Å². The highest BCUT2D eigenvalue weighted by molar-refractivity contribution is 7.85. The van der Waals surface area contributed by atoms with Crippen LogP contribution in [-0.2, 0) is 20.4 Å². The zero-order valence-corrected chi connectivity index (χ0v) is 21.8. The average molecular weight is 494 g/mol. The molecule has 1 saturated carbocycles. The Balaban J connectivity index is 0.00000324. The Morgan fingerprint density at radius 2 is 1.91 bits per heavy atom. The molecular formula is C27H47N3O3S. The van der Waals surface area contributed by atoms with Crippen LogP contribution in [0.4, 0.5) is 0 Å². The summed E-state index contributed by atoms with van der Waals surface area (Å²) in [4.78, 5) is 28.5. The summed E-state index contributed by atoms with van der Waals surface area (Å²) in [5.74, 6) is 1.23. The molecule has 0 aromatic rings. The minimum atomic E-state index is -0.990. The summed E-state index contributed by atoms with van der Waals surface area (Å²) < 4.78 is 13.0. The van der Waals surface area contributed by atoms with Gasteiger partial charge in [0.2, 0.25) is 11.8 Å². The van der Waals surface area contributed by atoms with E-state index >= 15 is 0 Å². The lowest BCUT2D eigenvalue weighted by atomic mass is 9.82. The van der Waals surface area contributed by atoms with E-state index in [-0.39, 0.29) is 32.7 Å². The summed E-state index contributed by atoms with van der Waals surface area (Å²) >= 11 is 0. The van der Waals surface area contributed by atoms with Crippen LogP contribution in [-0.4, -0.2) is 64.1 Å². The molecule has 194 valence electrons. The van der Waals surface area contributed by atoms with Crippen molar-refractivity contribution in [3.63, 3.8) is 0 Å². The lowest BCUT2D eigenvalue weighted by Gasteiger charge is -2.40. The number of nitrogens with zero attached hydrogens (tertiary/aromatic N) is 1. The topological polar surface area (TPSA) is 78.5 Å². The van der Waals surface area contributed by atoms with Crippen molar-refractivity contribution in [2.24, 2.45) is 5.92 Å². The van der Waals surface area contributed by atoms with Gasteiger partial charge in [-0.15, -0.1) is 0 Å². The molecule has 3 aliphatic rings. The normalized spacial score (nSPS) is 24.1. The second kappa shape index (κ2) is 14.0. The van der Waals surface area contributed by atoms with E-state index in [2.05, 4.69) is 41.0 Å². The molecule has 0 radical (unpaired) electrons. The van der Waals surface area contributed by atoms with Crippen LogP contribution < -0.4 is 10.6 Å². The van der Waals surface area contributed by atoms with E-state index in [1.807, 2.05) is 11.8 Å². The molecular weight excluding hydrogens is 446 g/mol. The van der Waals surface area contributed by atoms with E-state index in [0.717, 1.165) is 57.8 Å². The molecule has 1 saturated heterocycles. The molecule has 4 atom stereocenters. The maximum absolute atomic E-state index is 13.8. The molecule has 1 unspecified atom stereocenters. The van der Waals surface area contributed by atoms with Crippen molar-refractivity contribution < 1.29 is 16.7 Å². The Hall–Kier alpha value is -1.73. The van der Waals surface area contributed by atoms with Gasteiger partial charge in [-0.05, 0) is 70.4 Å². The summed E-state index contributed by atoms with van der Waals surface area (Å²) in [7, 11) is 0.769. The van der Waals surface area contributed by atoms with Gasteiger partial charge in [-0.1, -0.05) is 49.6 Å². The third-order valence-electron chi connectivity index (χ3n) is 7.47. The summed E-state index contributed by atoms with van der Waals surface area (Å²) in [6.07, 6.45) is 20.6. The number of allylic oxidation sites excluding steroid dienone is 6. The third kappa shape index (κ3) is 7.91. The lowest BCUT2D eigenvalue weighted by molar-refractivity contribution is -0.141. The fourth-order valence-electron chi connectivity index (χ4n) is 5.22. The van der Waals surface area contributed by atoms with Crippen LogP contribution in [0.3, 0.4) is 0 Å². The second-order valence-electron chi connectivity index (χ2n) is 9.94. The first-order valence-electron chi connectivity index (χ1n) is 13.1. The monoisotopic (exact) mass is 493 g/mol. The molecule has 0 aromatic heterocycles. The predicted octanol–water partition coefficient (Wildman–Crippen LogP) is 4.11. The largest absolute Gasteiger partial charge is 0.343 e. The van der Waals surface area contributed by atoms with Gasteiger partial charge in [0.05, 0.1) is 6.04 Å². The number of likely N-dealkylation sites (tertiary alicyclic amines) is 1. The molecule has 1 aliphatic heterocycles. The average Bonchev–Trinajstić information content (AvgIpc) is 3.15. The molecule has 2 fully saturated rings. The van der Waals surface area contributed by atoms with Crippen molar-refractivity contribution >= 4 is 22.6 Å². The second-order valence-corrected chi connectivity index (χ2v) is 11.6. The molecule has 0 bridgehead atoms. The Labute approximate surface area is 211 Å². The number of hydrogen-bond acceptors (Lipinski definition) is 4. The third-order valence-corrected chi connectivity index (χ3v) is 8.88. The van der Waals surface area contributed by atoms with E-state index in [0.29, 0.717) is 18.1 Å². The summed E-state index contributed by atoms with van der Waals surface area (Å²) in [5.41, 5.74) is 1.21. The first-order chi connectivity index (χ1) is 16.5. The lowest BCUT2D eigenvalue weighted by Crippen LogP contribution is -2.59. The molecule has 2 aliphatic carbocycles. The number of nitrogens with one attached hydrogen (secondary N) is 2. The quantitative estimate of drug-likeness (QED) is 0.480. The van der Waals surface area contributed by atoms with E-state index in [4.69, 9.17) is 0 Å². The van der Waals surface area contributed by atoms with Gasteiger partial charge in [0.15, 0.2) is 0 Å². The Morgan fingerprint density at radius 3 is 2.68 bits per heavy atom. The standard InChI is InChI=1S/C27H43N3O3S.2H2/c1-21(28-2)26(31)29-25(23-14-8-5-9-15-23)27(32)30-18-11-10-16-24(30)20-34(33)19-17-22-12-6-3-4-7-13-22;;/h3,6-7,12-13,21,23-25,28H,4-5,8-11,14-20H2,1-2H3,(H,29,31);2*1H/t21-,24-,25-,34?;;/m0../s1. The van der Waals surface area contributed by atoms with Gasteiger partial charge in [0.1, 0.15) is 6.04 Å². The Kier molecular flexibility index (Phi) is 11.0. The van der Waals surface area contributed by atoms with Crippen LogP contribution in [0.2, 0.25) is 0 Å². The fraction of sp³-hybridized carbons (Fsp3) is 0.704. The molecule has 2 N–H and O–H groups in total. The van der Waals surface area contributed by atoms with E-state index in [1.54, 1.807) is 7.05 Å². The summed E-state index contributed by atoms with van der Waals surface area (Å²) in [6.45, 7) is 2.51. The fourth-order valence-corrected chi connectivity index (χ4v) is 6.63. The minimum Gasteiger partial charge on any atom is -0.343 e. The van der Waals surface area contributed by atoms with Crippen molar-refractivity contribution in [3.8, 4) is 0 Å². The highest BCUT2D eigenvalue weighted by Crippen LogP contribution is 2.29. The first-order valence-corrected chi connectivity index (χ1v) is 14.6. The number of rotatable bonds is 10. The smallest absolute Gasteiger partial charge is 0.245 e. The maximum atomic E-state index is 13.8. The van der Waals surface area contributed by atoms with Crippen molar-refractivity contribution in [2.75, 3.05) is 25.1 Å². The minimum absolute atomic E-state index is 0. The molecule has 6 nitrogen and oxygen atoms in total. The van der Waals surface area contributed by atoms with Gasteiger partial charge in [0, 0.05) is 37.7 Å². The Morgan fingerprint density at radius 1 is 1.15 bits per heavy atom. The van der Waals surface area contributed by atoms with Crippen LogP contribution in [0.15, 0.2) is 36.0 Å². The van der Waals surface area contributed by atoms with E-state index in [9.17, 15) is 13.8 Å². The number of piperidine rings is 1. The zero-order valence-electron chi connectivity index (χ0n) is 21.0. The Bertz CT molecular complexity index is 812. The van der Waals surface area contributed by atoms with Crippen LogP contribution in [0, 0.1) is 5.92 Å². The highest BCUT2D eigenvalue weighted by Gasteiger charge is 2.38. The maximum Gasteiger partial charge on any atom is 0.245 e. The van der Waals surface area contributed by atoms with Gasteiger partial charge >= 0.3 is 0 Å². The number of carbonyl (C=O) groups is 2. The number of likely N-dealkylation sites (N-methyl/N-ethyl adjacent to an activating group) is 1. The van der Waals surface area contributed by atoms with Gasteiger partial charge in [-0.2, -0.15) is 0 Å². The van der Waals surface area contributed by atoms with Crippen LogP contribution in [0.5, 0.6) is 0 Å². The number of amides is 2. The van der Waals surface area contributed by atoms with Gasteiger partial charge in [-0.3, -0.25) is 13.8 Å². The highest BCUT2D eigenvalue weighted by atomic mass is 32.2. The molecule has 7 heteroatoms. The number of hydrogen-bond donors (Lipinski definition) is 2. The molecule has 0 aromatic carbocycles. The van der Waals surface area contributed by atoms with Gasteiger partial charge < -0.3 is 15.5 Å². The number of carbonyl (C=O) groups excluding carboxylic acids is 2. The van der Waals surface area contributed by atoms with Crippen LogP contribution in [0.1, 0.15) is 74.0 Å². The SMILES string of the molecule is CN[C@@H](C)C(=O)N[C@H](C(=O)N1CCCC[C@H]1CS(=O)CCC1=CC=CCC=C1)C1CCCCC1.[HH].[HH]. The predicted molar refractivity (Wildman–Crippen MR) is 144 cm³/mol. The van der Waals surface area contributed by atoms with Crippen LogP contribution in [0.25, 0.3) is 0 Å². The molecule has 2 amide bonds. The van der Waals surface area contributed by atoms with E-state index in [1.165, 1.54) is 12.0 Å².